The van der Waals surface area contributed by atoms with Gasteiger partial charge in [-0.1, -0.05) is 13.3 Å². The van der Waals surface area contributed by atoms with Gasteiger partial charge in [-0.05, 0) is 37.9 Å². The van der Waals surface area contributed by atoms with E-state index in [0.717, 1.165) is 30.7 Å². The highest BCUT2D eigenvalue weighted by molar-refractivity contribution is 7.80. The molecule has 0 saturated carbocycles. The SMILES string of the molecule is CCNC(=S)N1CCCC(CC)C1. The maximum Gasteiger partial charge on any atom is 0.168 e. The Morgan fingerprint density at radius 1 is 1.54 bits per heavy atom. The van der Waals surface area contributed by atoms with E-state index < -0.39 is 0 Å². The van der Waals surface area contributed by atoms with Crippen molar-refractivity contribution >= 4 is 17.3 Å². The first kappa shape index (κ1) is 10.8. The summed E-state index contributed by atoms with van der Waals surface area (Å²) in [5.41, 5.74) is 0. The van der Waals surface area contributed by atoms with Gasteiger partial charge in [0, 0.05) is 19.6 Å². The first-order valence-corrected chi connectivity index (χ1v) is 5.71. The number of nitrogens with zero attached hydrogens (tertiary/aromatic N) is 1. The summed E-state index contributed by atoms with van der Waals surface area (Å²) in [6.07, 6.45) is 3.96. The molecule has 1 fully saturated rings. The predicted molar refractivity (Wildman–Crippen MR) is 60.9 cm³/mol. The van der Waals surface area contributed by atoms with Crippen LogP contribution in [0.25, 0.3) is 0 Å². The van der Waals surface area contributed by atoms with Crippen molar-refractivity contribution in [2.45, 2.75) is 33.1 Å². The van der Waals surface area contributed by atoms with Crippen molar-refractivity contribution in [1.82, 2.24) is 10.2 Å². The van der Waals surface area contributed by atoms with Crippen LogP contribution in [0, 0.1) is 5.92 Å². The van der Waals surface area contributed by atoms with Gasteiger partial charge in [-0.3, -0.25) is 0 Å². The Kier molecular flexibility index (Phi) is 4.50. The van der Waals surface area contributed by atoms with Crippen LogP contribution in [-0.4, -0.2) is 29.6 Å². The van der Waals surface area contributed by atoms with Crippen LogP contribution >= 0.6 is 12.2 Å². The van der Waals surface area contributed by atoms with E-state index in [-0.39, 0.29) is 0 Å². The third-order valence-corrected chi connectivity index (χ3v) is 3.11. The van der Waals surface area contributed by atoms with Crippen LogP contribution in [0.15, 0.2) is 0 Å². The Morgan fingerprint density at radius 3 is 2.92 bits per heavy atom. The number of nitrogens with one attached hydrogen (secondary N) is 1. The molecule has 1 N–H and O–H groups in total. The van der Waals surface area contributed by atoms with E-state index in [0.29, 0.717) is 0 Å². The zero-order valence-electron chi connectivity index (χ0n) is 8.68. The Labute approximate surface area is 86.7 Å². The van der Waals surface area contributed by atoms with E-state index in [9.17, 15) is 0 Å². The molecule has 13 heavy (non-hydrogen) atoms. The lowest BCUT2D eigenvalue weighted by Crippen LogP contribution is -2.45. The van der Waals surface area contributed by atoms with Gasteiger partial charge in [0.05, 0.1) is 0 Å². The standard InChI is InChI=1S/C10H20N2S/c1-3-9-6-5-7-12(8-9)10(13)11-4-2/h9H,3-8H2,1-2H3,(H,11,13). The second kappa shape index (κ2) is 5.43. The van der Waals surface area contributed by atoms with Gasteiger partial charge in [0.15, 0.2) is 5.11 Å². The maximum atomic E-state index is 5.29. The van der Waals surface area contributed by atoms with Crippen LogP contribution in [-0.2, 0) is 0 Å². The van der Waals surface area contributed by atoms with E-state index >= 15 is 0 Å². The molecule has 0 radical (unpaired) electrons. The van der Waals surface area contributed by atoms with Crippen molar-refractivity contribution in [1.29, 1.82) is 0 Å². The number of rotatable bonds is 2. The molecule has 0 bridgehead atoms. The van der Waals surface area contributed by atoms with E-state index in [1.54, 1.807) is 0 Å². The van der Waals surface area contributed by atoms with Crippen LogP contribution < -0.4 is 5.32 Å². The number of hydrogen-bond acceptors (Lipinski definition) is 1. The minimum absolute atomic E-state index is 0.852. The number of likely N-dealkylation sites (tertiary alicyclic amines) is 1. The van der Waals surface area contributed by atoms with Crippen LogP contribution in [0.2, 0.25) is 0 Å². The maximum absolute atomic E-state index is 5.29. The van der Waals surface area contributed by atoms with Gasteiger partial charge in [-0.2, -0.15) is 0 Å². The third-order valence-electron chi connectivity index (χ3n) is 2.71. The summed E-state index contributed by atoms with van der Waals surface area (Å²) in [7, 11) is 0. The zero-order chi connectivity index (χ0) is 9.68. The van der Waals surface area contributed by atoms with Crippen molar-refractivity contribution in [2.24, 2.45) is 5.92 Å². The average Bonchev–Trinajstić information content (AvgIpc) is 2.18. The average molecular weight is 200 g/mol. The second-order valence-corrected chi connectivity index (χ2v) is 4.08. The molecule has 1 unspecified atom stereocenters. The molecule has 1 heterocycles. The first-order chi connectivity index (χ1) is 6.27. The summed E-state index contributed by atoms with van der Waals surface area (Å²) >= 11 is 5.29. The van der Waals surface area contributed by atoms with Gasteiger partial charge in [-0.25, -0.2) is 0 Å². The highest BCUT2D eigenvalue weighted by Crippen LogP contribution is 2.18. The minimum atomic E-state index is 0.852. The molecule has 0 aromatic rings. The molecule has 0 aliphatic carbocycles. The molecule has 0 aromatic heterocycles. The Balaban J connectivity index is 2.37. The fraction of sp³-hybridized carbons (Fsp3) is 0.900. The van der Waals surface area contributed by atoms with Gasteiger partial charge in [-0.15, -0.1) is 0 Å². The lowest BCUT2D eigenvalue weighted by Gasteiger charge is -2.34. The largest absolute Gasteiger partial charge is 0.363 e. The first-order valence-electron chi connectivity index (χ1n) is 5.30. The van der Waals surface area contributed by atoms with Gasteiger partial charge >= 0.3 is 0 Å². The topological polar surface area (TPSA) is 15.3 Å². The summed E-state index contributed by atoms with van der Waals surface area (Å²) in [6.45, 7) is 7.59. The number of thiocarbonyl (C=S) groups is 1. The molecule has 1 rings (SSSR count). The van der Waals surface area contributed by atoms with Gasteiger partial charge in [0.2, 0.25) is 0 Å². The summed E-state index contributed by atoms with van der Waals surface area (Å²) in [5.74, 6) is 0.852. The summed E-state index contributed by atoms with van der Waals surface area (Å²) in [4.78, 5) is 2.32. The van der Waals surface area contributed by atoms with E-state index in [4.69, 9.17) is 12.2 Å². The monoisotopic (exact) mass is 200 g/mol. The van der Waals surface area contributed by atoms with Crippen molar-refractivity contribution in [3.05, 3.63) is 0 Å². The molecule has 0 aromatic carbocycles. The molecule has 1 atom stereocenters. The normalized spacial score (nSPS) is 22.9. The molecular formula is C10H20N2S. The van der Waals surface area contributed by atoms with Crippen molar-refractivity contribution in [3.8, 4) is 0 Å². The lowest BCUT2D eigenvalue weighted by atomic mass is 9.96. The highest BCUT2D eigenvalue weighted by Gasteiger charge is 2.19. The number of piperidine rings is 1. The van der Waals surface area contributed by atoms with Crippen molar-refractivity contribution in [2.75, 3.05) is 19.6 Å². The number of hydrogen-bond donors (Lipinski definition) is 1. The van der Waals surface area contributed by atoms with Crippen molar-refractivity contribution in [3.63, 3.8) is 0 Å². The summed E-state index contributed by atoms with van der Waals surface area (Å²) in [6, 6.07) is 0. The van der Waals surface area contributed by atoms with Crippen LogP contribution in [0.5, 0.6) is 0 Å². The fourth-order valence-corrected chi connectivity index (χ4v) is 2.16. The molecule has 1 aliphatic rings. The summed E-state index contributed by atoms with van der Waals surface area (Å²) < 4.78 is 0. The third kappa shape index (κ3) is 3.14. The van der Waals surface area contributed by atoms with Gasteiger partial charge in [0.1, 0.15) is 0 Å². The van der Waals surface area contributed by atoms with Crippen LogP contribution in [0.3, 0.4) is 0 Å². The zero-order valence-corrected chi connectivity index (χ0v) is 9.49. The van der Waals surface area contributed by atoms with E-state index in [2.05, 4.69) is 24.1 Å². The highest BCUT2D eigenvalue weighted by atomic mass is 32.1. The fourth-order valence-electron chi connectivity index (χ4n) is 1.85. The lowest BCUT2D eigenvalue weighted by molar-refractivity contribution is 0.251. The molecular weight excluding hydrogens is 180 g/mol. The van der Waals surface area contributed by atoms with E-state index in [1.807, 2.05) is 0 Å². The summed E-state index contributed by atoms with van der Waals surface area (Å²) in [5, 5.41) is 4.16. The Hall–Kier alpha value is -0.310. The van der Waals surface area contributed by atoms with Gasteiger partial charge in [0.25, 0.3) is 0 Å². The van der Waals surface area contributed by atoms with Crippen molar-refractivity contribution < 1.29 is 0 Å². The van der Waals surface area contributed by atoms with E-state index in [1.165, 1.54) is 19.3 Å². The second-order valence-electron chi connectivity index (χ2n) is 3.70. The molecule has 0 amide bonds. The molecule has 1 aliphatic heterocycles. The Bertz CT molecular complexity index is 170. The smallest absolute Gasteiger partial charge is 0.168 e. The molecule has 0 spiro atoms. The molecule has 2 nitrogen and oxygen atoms in total. The molecule has 76 valence electrons. The Morgan fingerprint density at radius 2 is 2.31 bits per heavy atom. The minimum Gasteiger partial charge on any atom is -0.363 e. The predicted octanol–water partition coefficient (Wildman–Crippen LogP) is 2.00. The quantitative estimate of drug-likeness (QED) is 0.686. The molecule has 1 saturated heterocycles. The van der Waals surface area contributed by atoms with Gasteiger partial charge < -0.3 is 10.2 Å². The molecule has 3 heteroatoms. The van der Waals surface area contributed by atoms with Crippen LogP contribution in [0.4, 0.5) is 0 Å². The van der Waals surface area contributed by atoms with Crippen LogP contribution in [0.1, 0.15) is 33.1 Å².